The van der Waals surface area contributed by atoms with Crippen molar-refractivity contribution in [3.05, 3.63) is 25.1 Å². The number of hydrogen-bond donors (Lipinski definition) is 1. The summed E-state index contributed by atoms with van der Waals surface area (Å²) in [5.41, 5.74) is 0. The summed E-state index contributed by atoms with van der Waals surface area (Å²) in [6.07, 6.45) is 0.811. The summed E-state index contributed by atoms with van der Waals surface area (Å²) in [6, 6.07) is 0.0504. The minimum atomic E-state index is -0.298. The van der Waals surface area contributed by atoms with E-state index in [1.807, 2.05) is 13.8 Å². The van der Waals surface area contributed by atoms with Crippen molar-refractivity contribution in [2.45, 2.75) is 26.3 Å². The Hall–Kier alpha value is -0.0600. The van der Waals surface area contributed by atoms with Crippen LogP contribution in [0.25, 0.3) is 0 Å². The molecule has 1 amide bonds. The second-order valence-electron chi connectivity index (χ2n) is 4.06. The molecule has 0 saturated carbocycles. The van der Waals surface area contributed by atoms with Crippen LogP contribution in [0.4, 0.5) is 0 Å². The van der Waals surface area contributed by atoms with Gasteiger partial charge in [-0.3, -0.25) is 4.79 Å². The summed E-state index contributed by atoms with van der Waals surface area (Å²) < 4.78 is 5.29. The van der Waals surface area contributed by atoms with Gasteiger partial charge in [0.25, 0.3) is 5.91 Å². The molecule has 1 aromatic rings. The van der Waals surface area contributed by atoms with Gasteiger partial charge in [0.2, 0.25) is 0 Å². The average Bonchev–Trinajstić information content (AvgIpc) is 2.42. The van der Waals surface area contributed by atoms with Crippen molar-refractivity contribution in [2.75, 3.05) is 6.61 Å². The number of hydrogen-bond acceptors (Lipinski definition) is 2. The van der Waals surface area contributed by atoms with E-state index in [0.29, 0.717) is 0 Å². The van der Waals surface area contributed by atoms with Gasteiger partial charge in [0.15, 0.2) is 12.4 Å². The van der Waals surface area contributed by atoms with Crippen LogP contribution >= 0.6 is 58.0 Å². The van der Waals surface area contributed by atoms with Crippen LogP contribution in [0.2, 0.25) is 25.1 Å². The molecule has 0 aliphatic carbocycles. The van der Waals surface area contributed by atoms with E-state index in [0.717, 1.165) is 6.42 Å². The maximum absolute atomic E-state index is 11.6. The molecular formula is C12H12Cl5NO2. The van der Waals surface area contributed by atoms with E-state index in [-0.39, 0.29) is 49.4 Å². The summed E-state index contributed by atoms with van der Waals surface area (Å²) in [5.74, 6) is -0.263. The van der Waals surface area contributed by atoms with Gasteiger partial charge in [0.1, 0.15) is 10.0 Å². The number of ether oxygens (including phenoxy) is 1. The second-order valence-corrected chi connectivity index (χ2v) is 5.95. The van der Waals surface area contributed by atoms with Crippen LogP contribution in [-0.4, -0.2) is 18.6 Å². The molecule has 1 rings (SSSR count). The van der Waals surface area contributed by atoms with Crippen molar-refractivity contribution in [1.82, 2.24) is 5.32 Å². The number of amides is 1. The largest absolute Gasteiger partial charge is 0.481 e. The van der Waals surface area contributed by atoms with Gasteiger partial charge in [-0.25, -0.2) is 0 Å². The summed E-state index contributed by atoms with van der Waals surface area (Å²) >= 11 is 29.6. The predicted molar refractivity (Wildman–Crippen MR) is 84.9 cm³/mol. The van der Waals surface area contributed by atoms with Gasteiger partial charge >= 0.3 is 0 Å². The summed E-state index contributed by atoms with van der Waals surface area (Å²) in [5, 5.41) is 2.87. The van der Waals surface area contributed by atoms with Crippen molar-refractivity contribution in [3.63, 3.8) is 0 Å². The highest BCUT2D eigenvalue weighted by molar-refractivity contribution is 6.55. The molecule has 0 aromatic heterocycles. The van der Waals surface area contributed by atoms with E-state index < -0.39 is 0 Å². The van der Waals surface area contributed by atoms with E-state index in [2.05, 4.69) is 5.32 Å². The molecule has 8 heteroatoms. The summed E-state index contributed by atoms with van der Waals surface area (Å²) in [4.78, 5) is 11.6. The number of carbonyl (C=O) groups excluding carboxylic acids is 1. The van der Waals surface area contributed by atoms with Crippen molar-refractivity contribution in [2.24, 2.45) is 0 Å². The van der Waals surface area contributed by atoms with Gasteiger partial charge < -0.3 is 10.1 Å². The Morgan fingerprint density at radius 3 is 1.95 bits per heavy atom. The van der Waals surface area contributed by atoms with Crippen molar-refractivity contribution in [3.8, 4) is 5.75 Å². The van der Waals surface area contributed by atoms with Gasteiger partial charge in [-0.15, -0.1) is 0 Å². The molecule has 20 heavy (non-hydrogen) atoms. The second kappa shape index (κ2) is 7.81. The molecule has 3 nitrogen and oxygen atoms in total. The molecule has 0 fully saturated rings. The fourth-order valence-electron chi connectivity index (χ4n) is 1.27. The lowest BCUT2D eigenvalue weighted by Crippen LogP contribution is -2.35. The zero-order valence-electron chi connectivity index (χ0n) is 10.7. The Bertz CT molecular complexity index is 492. The lowest BCUT2D eigenvalue weighted by atomic mass is 10.2. The Labute approximate surface area is 142 Å². The fourth-order valence-corrected chi connectivity index (χ4v) is 2.50. The quantitative estimate of drug-likeness (QED) is 0.561. The minimum absolute atomic E-state index is 0.0161. The third kappa shape index (κ3) is 4.22. The first kappa shape index (κ1) is 18.0. The zero-order chi connectivity index (χ0) is 15.4. The molecule has 0 spiro atoms. The van der Waals surface area contributed by atoms with E-state index in [4.69, 9.17) is 62.7 Å². The van der Waals surface area contributed by atoms with Crippen LogP contribution in [0.3, 0.4) is 0 Å². The molecule has 0 radical (unpaired) electrons. The normalized spacial score (nSPS) is 12.2. The molecular weight excluding hydrogens is 367 g/mol. The van der Waals surface area contributed by atoms with Crippen molar-refractivity contribution >= 4 is 63.9 Å². The van der Waals surface area contributed by atoms with Gasteiger partial charge in [-0.05, 0) is 13.3 Å². The topological polar surface area (TPSA) is 38.3 Å². The molecule has 0 heterocycles. The van der Waals surface area contributed by atoms with Crippen molar-refractivity contribution < 1.29 is 9.53 Å². The summed E-state index contributed by atoms with van der Waals surface area (Å²) in [7, 11) is 0. The highest BCUT2D eigenvalue weighted by Crippen LogP contribution is 2.48. The average molecular weight is 379 g/mol. The number of carbonyl (C=O) groups is 1. The first-order valence-electron chi connectivity index (χ1n) is 5.73. The Morgan fingerprint density at radius 2 is 1.50 bits per heavy atom. The first-order valence-corrected chi connectivity index (χ1v) is 7.62. The monoisotopic (exact) mass is 377 g/mol. The smallest absolute Gasteiger partial charge is 0.258 e. The molecule has 0 bridgehead atoms. The van der Waals surface area contributed by atoms with E-state index in [9.17, 15) is 4.79 Å². The van der Waals surface area contributed by atoms with Gasteiger partial charge in [-0.1, -0.05) is 64.9 Å². The van der Waals surface area contributed by atoms with E-state index in [1.165, 1.54) is 0 Å². The summed E-state index contributed by atoms with van der Waals surface area (Å²) in [6.45, 7) is 3.59. The molecule has 1 aromatic carbocycles. The lowest BCUT2D eigenvalue weighted by molar-refractivity contribution is -0.123. The lowest BCUT2D eigenvalue weighted by Gasteiger charge is -2.15. The Kier molecular flexibility index (Phi) is 7.02. The van der Waals surface area contributed by atoms with Crippen LogP contribution in [-0.2, 0) is 4.79 Å². The molecule has 1 atom stereocenters. The van der Waals surface area contributed by atoms with Crippen LogP contribution < -0.4 is 10.1 Å². The van der Waals surface area contributed by atoms with E-state index in [1.54, 1.807) is 0 Å². The minimum Gasteiger partial charge on any atom is -0.481 e. The van der Waals surface area contributed by atoms with Crippen LogP contribution in [0.1, 0.15) is 20.3 Å². The number of nitrogens with one attached hydrogen (secondary N) is 1. The fraction of sp³-hybridized carbons (Fsp3) is 0.417. The number of benzene rings is 1. The maximum atomic E-state index is 11.6. The molecule has 1 N–H and O–H groups in total. The van der Waals surface area contributed by atoms with Gasteiger partial charge in [0, 0.05) is 6.04 Å². The van der Waals surface area contributed by atoms with E-state index >= 15 is 0 Å². The number of rotatable bonds is 5. The van der Waals surface area contributed by atoms with Crippen LogP contribution in [0.15, 0.2) is 0 Å². The highest BCUT2D eigenvalue weighted by atomic mass is 35.5. The molecule has 1 unspecified atom stereocenters. The molecule has 0 aliphatic rings. The van der Waals surface area contributed by atoms with Gasteiger partial charge in [-0.2, -0.15) is 0 Å². The molecule has 0 saturated heterocycles. The van der Waals surface area contributed by atoms with Crippen LogP contribution in [0.5, 0.6) is 5.75 Å². The standard InChI is InChI=1S/C12H12Cl5NO2/c1-3-5(2)18-6(19)4-20-12-10(16)8(14)7(13)9(15)11(12)17/h5H,3-4H2,1-2H3,(H,18,19). The predicted octanol–water partition coefficient (Wildman–Crippen LogP) is 5.25. The molecule has 0 aliphatic heterocycles. The SMILES string of the molecule is CCC(C)NC(=O)COc1c(Cl)c(Cl)c(Cl)c(Cl)c1Cl. The zero-order valence-corrected chi connectivity index (χ0v) is 14.5. The maximum Gasteiger partial charge on any atom is 0.258 e. The molecule has 112 valence electrons. The third-order valence-corrected chi connectivity index (χ3v) is 4.78. The van der Waals surface area contributed by atoms with Crippen molar-refractivity contribution in [1.29, 1.82) is 0 Å². The van der Waals surface area contributed by atoms with Gasteiger partial charge in [0.05, 0.1) is 15.1 Å². The number of halogens is 5. The Morgan fingerprint density at radius 1 is 1.05 bits per heavy atom. The Balaban J connectivity index is 2.86. The van der Waals surface area contributed by atoms with Crippen LogP contribution in [0, 0.1) is 0 Å². The first-order chi connectivity index (χ1) is 9.29. The third-order valence-electron chi connectivity index (χ3n) is 2.54. The highest BCUT2D eigenvalue weighted by Gasteiger charge is 2.21.